The molecule has 3 aromatic rings. The van der Waals surface area contributed by atoms with Crippen LogP contribution in [0.25, 0.3) is 0 Å². The molecule has 1 aromatic heterocycles. The summed E-state index contributed by atoms with van der Waals surface area (Å²) in [7, 11) is 0. The summed E-state index contributed by atoms with van der Waals surface area (Å²) in [5.41, 5.74) is 11.5. The number of piperazine rings is 1. The first kappa shape index (κ1) is 21.6. The van der Waals surface area contributed by atoms with E-state index in [2.05, 4.69) is 51.1 Å². The third-order valence-corrected chi connectivity index (χ3v) is 5.53. The molecule has 0 saturated carbocycles. The summed E-state index contributed by atoms with van der Waals surface area (Å²) in [6.45, 7) is 8.04. The lowest BCUT2D eigenvalue weighted by molar-refractivity contribution is 0.624. The number of nitrogens with two attached hydrogens (primary N) is 1. The number of nitrogens with zero attached hydrogens (tertiary/aromatic N) is 4. The zero-order valence-corrected chi connectivity index (χ0v) is 18.6. The zero-order valence-electron chi connectivity index (χ0n) is 18.6. The van der Waals surface area contributed by atoms with Crippen LogP contribution in [-0.2, 0) is 6.54 Å². The van der Waals surface area contributed by atoms with E-state index in [1.54, 1.807) is 0 Å². The highest BCUT2D eigenvalue weighted by Crippen LogP contribution is 2.20. The van der Waals surface area contributed by atoms with Gasteiger partial charge in [0.25, 0.3) is 0 Å². The first-order chi connectivity index (χ1) is 15.5. The Morgan fingerprint density at radius 2 is 1.62 bits per heavy atom. The molecule has 1 aliphatic rings. The molecule has 2 aromatic carbocycles. The third kappa shape index (κ3) is 5.55. The summed E-state index contributed by atoms with van der Waals surface area (Å²) in [4.78, 5) is 13.6. The Balaban J connectivity index is 1.35. The van der Waals surface area contributed by atoms with Gasteiger partial charge in [0.1, 0.15) is 11.6 Å². The van der Waals surface area contributed by atoms with Gasteiger partial charge < -0.3 is 20.9 Å². The van der Waals surface area contributed by atoms with E-state index in [9.17, 15) is 4.39 Å². The maximum atomic E-state index is 13.2. The van der Waals surface area contributed by atoms with Crippen molar-refractivity contribution in [2.75, 3.05) is 41.3 Å². The fourth-order valence-corrected chi connectivity index (χ4v) is 3.99. The first-order valence-corrected chi connectivity index (χ1v) is 10.8. The summed E-state index contributed by atoms with van der Waals surface area (Å²) in [6, 6.07) is 16.9. The van der Waals surface area contributed by atoms with Gasteiger partial charge in [-0.25, -0.2) is 14.4 Å². The van der Waals surface area contributed by atoms with Gasteiger partial charge in [0.05, 0.1) is 6.54 Å². The maximum absolute atomic E-state index is 13.2. The standard InChI is InChI=1S/C25H29FN6/c1-18-13-19(2)15-22(14-18)30-25(27)29-17-20-7-8-28-24(16-20)32-11-9-31(10-12-32)23-5-3-21(26)4-6-23/h3-8,13-16H,9-12,17H2,1-2H3,(H3,27,29,30). The van der Waals surface area contributed by atoms with E-state index < -0.39 is 0 Å². The number of nitrogens with one attached hydrogen (secondary N) is 1. The van der Waals surface area contributed by atoms with Crippen LogP contribution in [0.4, 0.5) is 21.6 Å². The topological polar surface area (TPSA) is 69.8 Å². The molecule has 0 amide bonds. The number of guanidine groups is 1. The Labute approximate surface area is 188 Å². The van der Waals surface area contributed by atoms with E-state index in [4.69, 9.17) is 5.73 Å². The molecule has 0 unspecified atom stereocenters. The number of rotatable bonds is 5. The van der Waals surface area contributed by atoms with Gasteiger partial charge in [-0.3, -0.25) is 0 Å². The van der Waals surface area contributed by atoms with Crippen molar-refractivity contribution in [3.63, 3.8) is 0 Å². The number of halogens is 1. The molecule has 1 saturated heterocycles. The summed E-state index contributed by atoms with van der Waals surface area (Å²) >= 11 is 0. The van der Waals surface area contributed by atoms with Gasteiger partial charge in [-0.2, -0.15) is 0 Å². The van der Waals surface area contributed by atoms with E-state index in [1.165, 1.54) is 23.3 Å². The monoisotopic (exact) mass is 432 g/mol. The van der Waals surface area contributed by atoms with E-state index in [-0.39, 0.29) is 5.82 Å². The molecule has 2 heterocycles. The highest BCUT2D eigenvalue weighted by atomic mass is 19.1. The Morgan fingerprint density at radius 3 is 2.31 bits per heavy atom. The smallest absolute Gasteiger partial charge is 0.193 e. The van der Waals surface area contributed by atoms with Gasteiger partial charge in [0.15, 0.2) is 5.96 Å². The second-order valence-corrected chi connectivity index (χ2v) is 8.18. The number of hydrogen-bond donors (Lipinski definition) is 2. The van der Waals surface area contributed by atoms with Crippen molar-refractivity contribution < 1.29 is 4.39 Å². The quantitative estimate of drug-likeness (QED) is 0.469. The molecular weight excluding hydrogens is 403 g/mol. The van der Waals surface area contributed by atoms with Crippen molar-refractivity contribution in [2.24, 2.45) is 10.7 Å². The van der Waals surface area contributed by atoms with Crippen molar-refractivity contribution >= 4 is 23.2 Å². The predicted molar refractivity (Wildman–Crippen MR) is 130 cm³/mol. The summed E-state index contributed by atoms with van der Waals surface area (Å²) in [5, 5.41) is 3.17. The number of aliphatic imine (C=N–C) groups is 1. The normalized spacial score (nSPS) is 14.5. The molecule has 3 N–H and O–H groups in total. The fraction of sp³-hybridized carbons (Fsp3) is 0.280. The summed E-state index contributed by atoms with van der Waals surface area (Å²) < 4.78 is 13.2. The van der Waals surface area contributed by atoms with Gasteiger partial charge in [-0.1, -0.05) is 6.07 Å². The second-order valence-electron chi connectivity index (χ2n) is 8.18. The molecule has 0 radical (unpaired) electrons. The van der Waals surface area contributed by atoms with Crippen molar-refractivity contribution in [3.8, 4) is 0 Å². The Kier molecular flexibility index (Phi) is 6.54. The van der Waals surface area contributed by atoms with Crippen LogP contribution < -0.4 is 20.9 Å². The van der Waals surface area contributed by atoms with Crippen LogP contribution >= 0.6 is 0 Å². The highest BCUT2D eigenvalue weighted by Gasteiger charge is 2.18. The largest absolute Gasteiger partial charge is 0.370 e. The Morgan fingerprint density at radius 1 is 0.969 bits per heavy atom. The minimum Gasteiger partial charge on any atom is -0.370 e. The lowest BCUT2D eigenvalue weighted by atomic mass is 10.1. The minimum absolute atomic E-state index is 0.208. The summed E-state index contributed by atoms with van der Waals surface area (Å²) in [5.74, 6) is 1.12. The van der Waals surface area contributed by atoms with Crippen molar-refractivity contribution in [2.45, 2.75) is 20.4 Å². The van der Waals surface area contributed by atoms with E-state index in [0.717, 1.165) is 48.9 Å². The van der Waals surface area contributed by atoms with Crippen molar-refractivity contribution in [1.29, 1.82) is 0 Å². The number of benzene rings is 2. The molecule has 0 atom stereocenters. The average Bonchev–Trinajstić information content (AvgIpc) is 2.78. The third-order valence-electron chi connectivity index (χ3n) is 5.53. The second kappa shape index (κ2) is 9.68. The zero-order chi connectivity index (χ0) is 22.5. The molecule has 166 valence electrons. The van der Waals surface area contributed by atoms with Gasteiger partial charge in [-0.15, -0.1) is 0 Å². The van der Waals surface area contributed by atoms with Crippen LogP contribution in [0.1, 0.15) is 16.7 Å². The SMILES string of the molecule is Cc1cc(C)cc(NC(N)=NCc2ccnc(N3CCN(c4ccc(F)cc4)CC3)c2)c1. The minimum atomic E-state index is -0.208. The molecule has 0 bridgehead atoms. The lowest BCUT2D eigenvalue weighted by Gasteiger charge is -2.36. The van der Waals surface area contributed by atoms with Crippen molar-refractivity contribution in [3.05, 3.63) is 83.3 Å². The number of aromatic nitrogens is 1. The first-order valence-electron chi connectivity index (χ1n) is 10.8. The van der Waals surface area contributed by atoms with E-state index in [1.807, 2.05) is 36.5 Å². The number of anilines is 3. The van der Waals surface area contributed by atoms with Crippen LogP contribution in [0.2, 0.25) is 0 Å². The lowest BCUT2D eigenvalue weighted by Crippen LogP contribution is -2.46. The highest BCUT2D eigenvalue weighted by molar-refractivity contribution is 5.92. The maximum Gasteiger partial charge on any atom is 0.193 e. The Bertz CT molecular complexity index is 1070. The van der Waals surface area contributed by atoms with Crippen molar-refractivity contribution in [1.82, 2.24) is 4.98 Å². The molecule has 0 aliphatic carbocycles. The fourth-order valence-electron chi connectivity index (χ4n) is 3.99. The van der Waals surface area contributed by atoms with Crippen LogP contribution in [-0.4, -0.2) is 37.1 Å². The molecule has 7 heteroatoms. The predicted octanol–water partition coefficient (Wildman–Crippen LogP) is 4.09. The number of pyridine rings is 1. The van der Waals surface area contributed by atoms with Crippen LogP contribution in [0.15, 0.2) is 65.8 Å². The van der Waals surface area contributed by atoms with E-state index in [0.29, 0.717) is 12.5 Å². The Hall–Kier alpha value is -3.61. The number of aryl methyl sites for hydroxylation is 2. The molecular formula is C25H29FN6. The van der Waals surface area contributed by atoms with Gasteiger partial charge in [0.2, 0.25) is 0 Å². The van der Waals surface area contributed by atoms with Crippen LogP contribution in [0, 0.1) is 19.7 Å². The van der Waals surface area contributed by atoms with E-state index >= 15 is 0 Å². The molecule has 6 nitrogen and oxygen atoms in total. The van der Waals surface area contributed by atoms with Gasteiger partial charge in [0, 0.05) is 43.8 Å². The molecule has 1 aliphatic heterocycles. The van der Waals surface area contributed by atoms with Gasteiger partial charge in [-0.05, 0) is 79.1 Å². The van der Waals surface area contributed by atoms with Crippen LogP contribution in [0.3, 0.4) is 0 Å². The van der Waals surface area contributed by atoms with Gasteiger partial charge >= 0.3 is 0 Å². The molecule has 0 spiro atoms. The molecule has 4 rings (SSSR count). The number of hydrogen-bond acceptors (Lipinski definition) is 4. The van der Waals surface area contributed by atoms with Crippen LogP contribution in [0.5, 0.6) is 0 Å². The average molecular weight is 433 g/mol. The molecule has 32 heavy (non-hydrogen) atoms. The summed E-state index contributed by atoms with van der Waals surface area (Å²) in [6.07, 6.45) is 1.82. The molecule has 1 fully saturated rings.